The maximum Gasteiger partial charge on any atom is 0.309 e. The maximum atomic E-state index is 11.1. The highest BCUT2D eigenvalue weighted by Gasteiger charge is 2.29. The van der Waals surface area contributed by atoms with Gasteiger partial charge in [0.05, 0.1) is 45.4 Å². The summed E-state index contributed by atoms with van der Waals surface area (Å²) >= 11 is 0. The fourth-order valence-corrected chi connectivity index (χ4v) is 5.26. The number of carboxylic acid groups (broad SMARTS) is 3. The first-order chi connectivity index (χ1) is 18.8. The van der Waals surface area contributed by atoms with Crippen molar-refractivity contribution in [1.82, 2.24) is 0 Å². The van der Waals surface area contributed by atoms with E-state index < -0.39 is 17.9 Å². The molecule has 3 N–H and O–H groups in total. The summed E-state index contributed by atoms with van der Waals surface area (Å²) in [4.78, 5) is 33.4. The van der Waals surface area contributed by atoms with Gasteiger partial charge in [-0.25, -0.2) is 0 Å². The summed E-state index contributed by atoms with van der Waals surface area (Å²) < 4.78 is 0.234. The van der Waals surface area contributed by atoms with E-state index in [1.54, 1.807) is 0 Å². The summed E-state index contributed by atoms with van der Waals surface area (Å²) in [5, 5.41) is 27.4. The van der Waals surface area contributed by atoms with Crippen LogP contribution < -0.4 is 0 Å². The SMILES string of the molecule is CCCCCCCCCCCCCCCCCC/C=C/CCC[N+](CCC(=O)O)(CCC(=O)O)CCC(=O)O. The van der Waals surface area contributed by atoms with Gasteiger partial charge >= 0.3 is 17.9 Å². The van der Waals surface area contributed by atoms with Crippen molar-refractivity contribution in [3.63, 3.8) is 0 Å². The molecule has 0 heterocycles. The van der Waals surface area contributed by atoms with Crippen molar-refractivity contribution < 1.29 is 34.2 Å². The first-order valence-corrected chi connectivity index (χ1v) is 16.0. The Balaban J connectivity index is 3.91. The lowest BCUT2D eigenvalue weighted by Gasteiger charge is -2.38. The molecule has 0 fully saturated rings. The third-order valence-corrected chi connectivity index (χ3v) is 7.79. The third-order valence-electron chi connectivity index (χ3n) is 7.79. The van der Waals surface area contributed by atoms with E-state index in [4.69, 9.17) is 15.3 Å². The molecule has 0 spiro atoms. The average molecular weight is 555 g/mol. The molecule has 0 aromatic carbocycles. The fourth-order valence-electron chi connectivity index (χ4n) is 5.26. The van der Waals surface area contributed by atoms with E-state index >= 15 is 0 Å². The van der Waals surface area contributed by atoms with Crippen LogP contribution in [0.4, 0.5) is 0 Å². The molecule has 0 aromatic heterocycles. The van der Waals surface area contributed by atoms with E-state index in [9.17, 15) is 14.4 Å². The number of carboxylic acids is 3. The lowest BCUT2D eigenvalue weighted by atomic mass is 10.0. The average Bonchev–Trinajstić information content (AvgIpc) is 2.90. The summed E-state index contributed by atoms with van der Waals surface area (Å²) in [5.74, 6) is -2.83. The number of aliphatic carboxylic acids is 3. The molecule has 0 aliphatic rings. The van der Waals surface area contributed by atoms with Crippen LogP contribution >= 0.6 is 0 Å². The Kier molecular flexibility index (Phi) is 25.1. The Bertz CT molecular complexity index is 603. The minimum absolute atomic E-state index is 0.0890. The summed E-state index contributed by atoms with van der Waals surface area (Å²) in [5.41, 5.74) is 0. The smallest absolute Gasteiger partial charge is 0.309 e. The Labute approximate surface area is 238 Å². The van der Waals surface area contributed by atoms with Gasteiger partial charge in [-0.3, -0.25) is 14.4 Å². The Hall–Kier alpha value is -1.89. The number of nitrogens with zero attached hydrogens (tertiary/aromatic N) is 1. The van der Waals surface area contributed by atoms with Gasteiger partial charge < -0.3 is 19.8 Å². The molecule has 0 rings (SSSR count). The van der Waals surface area contributed by atoms with E-state index in [-0.39, 0.29) is 43.4 Å². The van der Waals surface area contributed by atoms with Crippen LogP contribution in [0.3, 0.4) is 0 Å². The second kappa shape index (κ2) is 26.3. The number of hydrogen-bond donors (Lipinski definition) is 3. The van der Waals surface area contributed by atoms with Gasteiger partial charge in [0, 0.05) is 6.42 Å². The van der Waals surface area contributed by atoms with Gasteiger partial charge in [0.1, 0.15) is 0 Å². The summed E-state index contributed by atoms with van der Waals surface area (Å²) in [7, 11) is 0. The largest absolute Gasteiger partial charge is 0.481 e. The second-order valence-electron chi connectivity index (χ2n) is 11.4. The van der Waals surface area contributed by atoms with Crippen LogP contribution in [0.25, 0.3) is 0 Å². The van der Waals surface area contributed by atoms with E-state index in [0.717, 1.165) is 19.3 Å². The van der Waals surface area contributed by atoms with E-state index in [0.29, 0.717) is 6.54 Å². The summed E-state index contributed by atoms with van der Waals surface area (Å²) in [6.07, 6.45) is 28.7. The quantitative estimate of drug-likeness (QED) is 0.0468. The fraction of sp³-hybridized carbons (Fsp3) is 0.844. The molecule has 0 radical (unpaired) electrons. The van der Waals surface area contributed by atoms with E-state index in [2.05, 4.69) is 19.1 Å². The molecule has 0 aromatic rings. The predicted octanol–water partition coefficient (Wildman–Crippen LogP) is 8.22. The first kappa shape index (κ1) is 37.1. The lowest BCUT2D eigenvalue weighted by molar-refractivity contribution is -0.927. The van der Waals surface area contributed by atoms with Crippen molar-refractivity contribution in [3.05, 3.63) is 12.2 Å². The van der Waals surface area contributed by atoms with Gasteiger partial charge in [0.25, 0.3) is 0 Å². The number of carbonyl (C=O) groups is 3. The van der Waals surface area contributed by atoms with Crippen molar-refractivity contribution in [2.24, 2.45) is 0 Å². The van der Waals surface area contributed by atoms with E-state index in [1.807, 2.05) is 0 Å². The minimum atomic E-state index is -0.943. The number of hydrogen-bond acceptors (Lipinski definition) is 3. The number of allylic oxidation sites excluding steroid dienone is 2. The number of rotatable bonds is 30. The zero-order chi connectivity index (χ0) is 29.0. The molecule has 7 nitrogen and oxygen atoms in total. The van der Waals surface area contributed by atoms with Crippen LogP contribution in [0, 0.1) is 0 Å². The van der Waals surface area contributed by atoms with Crippen LogP contribution in [-0.2, 0) is 14.4 Å². The molecule has 0 saturated heterocycles. The van der Waals surface area contributed by atoms with E-state index in [1.165, 1.54) is 103 Å². The zero-order valence-electron chi connectivity index (χ0n) is 25.1. The highest BCUT2D eigenvalue weighted by molar-refractivity contribution is 5.67. The van der Waals surface area contributed by atoms with Gasteiger partial charge in [-0.1, -0.05) is 115 Å². The minimum Gasteiger partial charge on any atom is -0.481 e. The van der Waals surface area contributed by atoms with Gasteiger partial charge in [-0.05, 0) is 19.3 Å². The Morgan fingerprint density at radius 3 is 1.10 bits per heavy atom. The van der Waals surface area contributed by atoms with Gasteiger partial charge in [-0.2, -0.15) is 0 Å². The molecule has 0 aliphatic carbocycles. The molecular formula is C32H60NO6+. The molecule has 0 unspecified atom stereocenters. The summed E-state index contributed by atoms with van der Waals surface area (Å²) in [6.45, 7) is 3.65. The third kappa shape index (κ3) is 26.1. The van der Waals surface area contributed by atoms with Crippen molar-refractivity contribution in [2.75, 3.05) is 26.2 Å². The second-order valence-corrected chi connectivity index (χ2v) is 11.4. The van der Waals surface area contributed by atoms with Gasteiger partial charge in [0.2, 0.25) is 0 Å². The highest BCUT2D eigenvalue weighted by Crippen LogP contribution is 2.16. The van der Waals surface area contributed by atoms with Crippen LogP contribution in [0.1, 0.15) is 148 Å². The summed E-state index contributed by atoms with van der Waals surface area (Å²) in [6, 6.07) is 0. The highest BCUT2D eigenvalue weighted by atomic mass is 16.4. The van der Waals surface area contributed by atoms with Crippen LogP contribution in [0.2, 0.25) is 0 Å². The van der Waals surface area contributed by atoms with Crippen molar-refractivity contribution in [3.8, 4) is 0 Å². The Morgan fingerprint density at radius 1 is 0.462 bits per heavy atom. The normalized spacial score (nSPS) is 11.8. The Morgan fingerprint density at radius 2 is 0.769 bits per heavy atom. The molecular weight excluding hydrogens is 494 g/mol. The van der Waals surface area contributed by atoms with Gasteiger partial charge in [0.15, 0.2) is 0 Å². The zero-order valence-corrected chi connectivity index (χ0v) is 25.1. The topological polar surface area (TPSA) is 112 Å². The van der Waals surface area contributed by atoms with Crippen molar-refractivity contribution in [2.45, 2.75) is 148 Å². The standard InChI is InChI=1S/C32H59NO6/c1-2-3-4-5-6-7-8-9-10-11-12-13-14-15-16-17-18-19-20-21-22-26-33(27-23-30(34)35,28-24-31(36)37)29-25-32(38)39/h19-20H,2-18,21-29H2,1H3,(H2-,34,35,36,37,38,39)/p+1/b20-19+. The first-order valence-electron chi connectivity index (χ1n) is 16.0. The monoisotopic (exact) mass is 554 g/mol. The molecule has 0 saturated carbocycles. The number of quaternary nitrogens is 1. The molecule has 39 heavy (non-hydrogen) atoms. The van der Waals surface area contributed by atoms with Gasteiger partial charge in [-0.15, -0.1) is 0 Å². The maximum absolute atomic E-state index is 11.1. The molecule has 228 valence electrons. The molecule has 0 bridgehead atoms. The molecule has 0 aliphatic heterocycles. The molecule has 0 atom stereocenters. The van der Waals surface area contributed by atoms with Crippen LogP contribution in [-0.4, -0.2) is 63.9 Å². The number of unbranched alkanes of at least 4 members (excludes halogenated alkanes) is 17. The van der Waals surface area contributed by atoms with Crippen LogP contribution in [0.5, 0.6) is 0 Å². The van der Waals surface area contributed by atoms with Crippen molar-refractivity contribution >= 4 is 17.9 Å². The van der Waals surface area contributed by atoms with Crippen LogP contribution in [0.15, 0.2) is 12.2 Å². The molecule has 0 amide bonds. The molecule has 7 heteroatoms. The lowest BCUT2D eigenvalue weighted by Crippen LogP contribution is -2.52. The predicted molar refractivity (Wildman–Crippen MR) is 159 cm³/mol. The van der Waals surface area contributed by atoms with Crippen molar-refractivity contribution in [1.29, 1.82) is 0 Å².